The van der Waals surface area contributed by atoms with E-state index in [1.807, 2.05) is 4.90 Å². The second-order valence-corrected chi connectivity index (χ2v) is 8.76. The van der Waals surface area contributed by atoms with E-state index < -0.39 is 0 Å². The first-order chi connectivity index (χ1) is 11.2. The van der Waals surface area contributed by atoms with Gasteiger partial charge in [-0.2, -0.15) is 0 Å². The fraction of sp³-hybridized carbons (Fsp3) is 0.625. The molecule has 0 atom stereocenters. The van der Waals surface area contributed by atoms with Crippen LogP contribution in [0.5, 0.6) is 0 Å². The molecule has 124 valence electrons. The highest BCUT2D eigenvalue weighted by Crippen LogP contribution is 2.28. The molecule has 0 spiro atoms. The lowest BCUT2D eigenvalue weighted by molar-refractivity contribution is -0.134. The molecule has 23 heavy (non-hydrogen) atoms. The van der Waals surface area contributed by atoms with Crippen molar-refractivity contribution >= 4 is 33.2 Å². The fourth-order valence-corrected chi connectivity index (χ4v) is 5.12. The van der Waals surface area contributed by atoms with Crippen LogP contribution < -0.4 is 0 Å². The number of rotatable bonds is 3. The van der Waals surface area contributed by atoms with Crippen molar-refractivity contribution in [3.63, 3.8) is 0 Å². The minimum absolute atomic E-state index is 0.277. The van der Waals surface area contributed by atoms with Gasteiger partial charge < -0.3 is 9.80 Å². The van der Waals surface area contributed by atoms with Gasteiger partial charge in [0.2, 0.25) is 5.91 Å². The van der Waals surface area contributed by atoms with Gasteiger partial charge in [-0.25, -0.2) is 4.98 Å². The SMILES string of the molecule is O=C(CN1CCc2nc(Br)sc2C1)N1CCN(C2=CCC2)CC1. The lowest BCUT2D eigenvalue weighted by Crippen LogP contribution is -2.51. The molecule has 0 aromatic carbocycles. The Morgan fingerprint density at radius 3 is 2.70 bits per heavy atom. The van der Waals surface area contributed by atoms with E-state index in [4.69, 9.17) is 0 Å². The van der Waals surface area contributed by atoms with Crippen molar-refractivity contribution in [1.82, 2.24) is 19.7 Å². The lowest BCUT2D eigenvalue weighted by atomic mass is 10.0. The van der Waals surface area contributed by atoms with E-state index in [0.29, 0.717) is 6.54 Å². The Bertz CT molecular complexity index is 636. The maximum atomic E-state index is 12.6. The molecule has 7 heteroatoms. The van der Waals surface area contributed by atoms with Gasteiger partial charge in [0.15, 0.2) is 3.92 Å². The maximum Gasteiger partial charge on any atom is 0.236 e. The van der Waals surface area contributed by atoms with Gasteiger partial charge in [0.25, 0.3) is 0 Å². The summed E-state index contributed by atoms with van der Waals surface area (Å²) < 4.78 is 0.956. The van der Waals surface area contributed by atoms with E-state index in [-0.39, 0.29) is 5.91 Å². The Morgan fingerprint density at radius 2 is 2.00 bits per heavy atom. The number of halogens is 1. The molecule has 1 aliphatic carbocycles. The number of hydrogen-bond acceptors (Lipinski definition) is 5. The number of amides is 1. The first-order valence-electron chi connectivity index (χ1n) is 8.27. The summed E-state index contributed by atoms with van der Waals surface area (Å²) in [6, 6.07) is 0. The predicted molar refractivity (Wildman–Crippen MR) is 94.3 cm³/mol. The fourth-order valence-electron chi connectivity index (χ4n) is 3.45. The van der Waals surface area contributed by atoms with Crippen LogP contribution in [0, 0.1) is 0 Å². The van der Waals surface area contributed by atoms with Crippen LogP contribution in [0.25, 0.3) is 0 Å². The van der Waals surface area contributed by atoms with Crippen LogP contribution in [0.1, 0.15) is 23.4 Å². The molecule has 1 aromatic heterocycles. The van der Waals surface area contributed by atoms with Crippen molar-refractivity contribution in [3.05, 3.63) is 26.3 Å². The van der Waals surface area contributed by atoms with Crippen molar-refractivity contribution in [3.8, 4) is 0 Å². The predicted octanol–water partition coefficient (Wildman–Crippen LogP) is 2.09. The maximum absolute atomic E-state index is 12.6. The monoisotopic (exact) mass is 396 g/mol. The van der Waals surface area contributed by atoms with Crippen molar-refractivity contribution < 1.29 is 4.79 Å². The van der Waals surface area contributed by atoms with Crippen molar-refractivity contribution in [2.45, 2.75) is 25.8 Å². The molecule has 1 saturated heterocycles. The van der Waals surface area contributed by atoms with Crippen LogP contribution in [0.2, 0.25) is 0 Å². The number of carbonyl (C=O) groups excluding carboxylic acids is 1. The van der Waals surface area contributed by atoms with Gasteiger partial charge in [0.1, 0.15) is 0 Å². The molecule has 0 bridgehead atoms. The number of fused-ring (bicyclic) bond motifs is 1. The van der Waals surface area contributed by atoms with Crippen LogP contribution in [0.3, 0.4) is 0 Å². The van der Waals surface area contributed by atoms with Crippen molar-refractivity contribution in [2.75, 3.05) is 39.3 Å². The molecule has 1 fully saturated rings. The summed E-state index contributed by atoms with van der Waals surface area (Å²) in [5, 5.41) is 0. The van der Waals surface area contributed by atoms with Crippen molar-refractivity contribution in [1.29, 1.82) is 0 Å². The van der Waals surface area contributed by atoms with Gasteiger partial charge in [-0.05, 0) is 28.8 Å². The third-order valence-corrected chi connectivity index (χ3v) is 6.50. The van der Waals surface area contributed by atoms with Crippen molar-refractivity contribution in [2.24, 2.45) is 0 Å². The van der Waals surface area contributed by atoms with Crippen LogP contribution in [-0.4, -0.2) is 64.9 Å². The summed E-state index contributed by atoms with van der Waals surface area (Å²) in [6.07, 6.45) is 5.70. The highest BCUT2D eigenvalue weighted by molar-refractivity contribution is 9.11. The number of nitrogens with zero attached hydrogens (tertiary/aromatic N) is 4. The Kier molecular flexibility index (Phi) is 4.43. The van der Waals surface area contributed by atoms with Crippen LogP contribution in [0.4, 0.5) is 0 Å². The second kappa shape index (κ2) is 6.53. The summed E-state index contributed by atoms with van der Waals surface area (Å²) in [5.74, 6) is 0.277. The molecule has 4 rings (SSSR count). The number of aromatic nitrogens is 1. The van der Waals surface area contributed by atoms with E-state index in [1.165, 1.54) is 29.1 Å². The zero-order chi connectivity index (χ0) is 15.8. The second-order valence-electron chi connectivity index (χ2n) is 6.40. The molecular formula is C16H21BrN4OS. The average molecular weight is 397 g/mol. The Hall–Kier alpha value is -0.920. The van der Waals surface area contributed by atoms with Gasteiger partial charge >= 0.3 is 0 Å². The Balaban J connectivity index is 1.29. The normalized spacial score (nSPS) is 21.7. The van der Waals surface area contributed by atoms with E-state index in [9.17, 15) is 4.79 Å². The molecule has 3 aliphatic rings. The Labute approximate surface area is 149 Å². The quantitative estimate of drug-likeness (QED) is 0.783. The molecule has 2 aliphatic heterocycles. The van der Waals surface area contributed by atoms with Gasteiger partial charge in [0.05, 0.1) is 12.2 Å². The number of thiazole rings is 1. The summed E-state index contributed by atoms with van der Waals surface area (Å²) in [5.41, 5.74) is 2.68. The van der Waals surface area contributed by atoms with Crippen LogP contribution in [0.15, 0.2) is 15.7 Å². The van der Waals surface area contributed by atoms with Gasteiger partial charge in [-0.1, -0.05) is 6.08 Å². The average Bonchev–Trinajstić information content (AvgIpc) is 2.85. The highest BCUT2D eigenvalue weighted by Gasteiger charge is 2.27. The molecule has 5 nitrogen and oxygen atoms in total. The Morgan fingerprint density at radius 1 is 1.22 bits per heavy atom. The van der Waals surface area contributed by atoms with E-state index >= 15 is 0 Å². The lowest BCUT2D eigenvalue weighted by Gasteiger charge is -2.40. The summed E-state index contributed by atoms with van der Waals surface area (Å²) in [7, 11) is 0. The van der Waals surface area contributed by atoms with Crippen LogP contribution in [-0.2, 0) is 17.8 Å². The van der Waals surface area contributed by atoms with E-state index in [0.717, 1.165) is 49.6 Å². The number of hydrogen-bond donors (Lipinski definition) is 0. The van der Waals surface area contributed by atoms with Gasteiger partial charge in [-0.3, -0.25) is 9.69 Å². The number of piperazine rings is 1. The summed E-state index contributed by atoms with van der Waals surface area (Å²) in [4.78, 5) is 25.1. The largest absolute Gasteiger partial charge is 0.372 e. The van der Waals surface area contributed by atoms with Gasteiger partial charge in [0, 0.05) is 56.3 Å². The molecule has 1 aromatic rings. The first kappa shape index (κ1) is 15.6. The zero-order valence-electron chi connectivity index (χ0n) is 13.1. The van der Waals surface area contributed by atoms with E-state index in [1.54, 1.807) is 11.3 Å². The molecule has 0 radical (unpaired) electrons. The minimum Gasteiger partial charge on any atom is -0.372 e. The van der Waals surface area contributed by atoms with Crippen LogP contribution >= 0.6 is 27.3 Å². The smallest absolute Gasteiger partial charge is 0.236 e. The molecule has 0 unspecified atom stereocenters. The summed E-state index contributed by atoms with van der Waals surface area (Å²) in [6.45, 7) is 6.03. The molecule has 1 amide bonds. The number of carbonyl (C=O) groups is 1. The number of allylic oxidation sites excluding steroid dienone is 2. The highest BCUT2D eigenvalue weighted by atomic mass is 79.9. The van der Waals surface area contributed by atoms with E-state index in [2.05, 4.69) is 36.8 Å². The minimum atomic E-state index is 0.277. The molecule has 0 N–H and O–H groups in total. The topological polar surface area (TPSA) is 39.7 Å². The molecule has 0 saturated carbocycles. The molecular weight excluding hydrogens is 376 g/mol. The van der Waals surface area contributed by atoms with Gasteiger partial charge in [-0.15, -0.1) is 11.3 Å². The third kappa shape index (κ3) is 3.32. The molecule has 3 heterocycles. The first-order valence-corrected chi connectivity index (χ1v) is 9.88. The standard InChI is InChI=1S/C16H21BrN4OS/c17-16-18-13-4-5-19(10-14(13)23-16)11-15(22)21-8-6-20(7-9-21)12-2-1-3-12/h2H,1,3-11H2. The third-order valence-electron chi connectivity index (χ3n) is 4.96. The zero-order valence-corrected chi connectivity index (χ0v) is 15.5. The summed E-state index contributed by atoms with van der Waals surface area (Å²) >= 11 is 5.15.